The van der Waals surface area contributed by atoms with Gasteiger partial charge in [-0.25, -0.2) is 4.68 Å². The Bertz CT molecular complexity index is 1240. The highest BCUT2D eigenvalue weighted by molar-refractivity contribution is 5.64. The zero-order valence-corrected chi connectivity index (χ0v) is 16.1. The summed E-state index contributed by atoms with van der Waals surface area (Å²) < 4.78 is 8.27. The van der Waals surface area contributed by atoms with E-state index in [1.165, 1.54) is 22.9 Å². The molecule has 2 heterocycles. The second-order valence-electron chi connectivity index (χ2n) is 6.60. The highest BCUT2D eigenvalue weighted by atomic mass is 16.6. The minimum atomic E-state index is -0.670. The van der Waals surface area contributed by atoms with Gasteiger partial charge < -0.3 is 9.30 Å². The van der Waals surface area contributed by atoms with E-state index in [4.69, 9.17) is 9.84 Å². The first kappa shape index (κ1) is 19.1. The van der Waals surface area contributed by atoms with Crippen molar-refractivity contribution in [2.24, 2.45) is 0 Å². The molecule has 8 nitrogen and oxygen atoms in total. The molecule has 0 aliphatic rings. The van der Waals surface area contributed by atoms with Crippen LogP contribution in [-0.2, 0) is 6.54 Å². The Morgan fingerprint density at radius 2 is 1.77 bits per heavy atom. The van der Waals surface area contributed by atoms with Crippen LogP contribution in [-0.4, -0.2) is 26.4 Å². The predicted molar refractivity (Wildman–Crippen MR) is 112 cm³/mol. The van der Waals surface area contributed by atoms with Gasteiger partial charge in [0.15, 0.2) is 0 Å². The van der Waals surface area contributed by atoms with E-state index in [0.29, 0.717) is 5.69 Å². The van der Waals surface area contributed by atoms with Gasteiger partial charge in [-0.05, 0) is 42.5 Å². The molecule has 8 heteroatoms. The number of hydrogen-bond acceptors (Lipinski definition) is 5. The molecule has 0 saturated heterocycles. The third-order valence-corrected chi connectivity index (χ3v) is 4.71. The largest absolute Gasteiger partial charge is 0.497 e. The van der Waals surface area contributed by atoms with Gasteiger partial charge in [-0.15, -0.1) is 0 Å². The number of ether oxygens (including phenoxy) is 1. The fourth-order valence-electron chi connectivity index (χ4n) is 3.20. The van der Waals surface area contributed by atoms with E-state index in [9.17, 15) is 14.9 Å². The summed E-state index contributed by atoms with van der Waals surface area (Å²) >= 11 is 0. The van der Waals surface area contributed by atoms with Crippen molar-refractivity contribution in [2.45, 2.75) is 6.54 Å². The zero-order chi connectivity index (χ0) is 21.1. The number of hydrogen-bond donors (Lipinski definition) is 0. The lowest BCUT2D eigenvalue weighted by molar-refractivity contribution is -0.386. The van der Waals surface area contributed by atoms with E-state index < -0.39 is 16.2 Å². The van der Waals surface area contributed by atoms with Crippen LogP contribution in [0.3, 0.4) is 0 Å². The van der Waals surface area contributed by atoms with Crippen LogP contribution >= 0.6 is 0 Å². The molecule has 2 aromatic carbocycles. The fraction of sp³-hybridized carbons (Fsp3) is 0.0909. The number of aromatic nitrogens is 3. The van der Waals surface area contributed by atoms with Crippen LogP contribution in [0.25, 0.3) is 16.9 Å². The average Bonchev–Trinajstić information content (AvgIpc) is 3.19. The SMILES string of the molecule is COc1ccc(-c2nn(-c3ccccc3)cc2Cn2cccc([N+](=O)[O-])c2=O)cc1. The van der Waals surface area contributed by atoms with Crippen LogP contribution in [0.2, 0.25) is 0 Å². The second kappa shape index (κ2) is 8.04. The smallest absolute Gasteiger partial charge is 0.334 e. The molecular weight excluding hydrogens is 384 g/mol. The Morgan fingerprint density at radius 1 is 1.03 bits per heavy atom. The molecule has 0 fully saturated rings. The molecule has 2 aromatic heterocycles. The first-order valence-electron chi connectivity index (χ1n) is 9.19. The standard InChI is InChI=1S/C22H18N4O4/c1-30-19-11-9-16(10-12-19)21-17(15-25(23-21)18-6-3-2-4-7-18)14-24-13-5-8-20(22(24)27)26(28)29/h2-13,15H,14H2,1H3. The number of nitro groups is 1. The third kappa shape index (κ3) is 3.70. The minimum absolute atomic E-state index is 0.148. The van der Waals surface area contributed by atoms with Crippen molar-refractivity contribution in [3.05, 3.63) is 105 Å². The molecule has 150 valence electrons. The van der Waals surface area contributed by atoms with Crippen LogP contribution in [0.5, 0.6) is 5.75 Å². The lowest BCUT2D eigenvalue weighted by atomic mass is 10.1. The molecule has 4 rings (SSSR count). The summed E-state index contributed by atoms with van der Waals surface area (Å²) in [5.74, 6) is 0.720. The third-order valence-electron chi connectivity index (χ3n) is 4.71. The van der Waals surface area contributed by atoms with Crippen LogP contribution in [0.15, 0.2) is 83.9 Å². The molecule has 0 unspecified atom stereocenters. The summed E-state index contributed by atoms with van der Waals surface area (Å²) in [5.41, 5.74) is 2.03. The summed E-state index contributed by atoms with van der Waals surface area (Å²) in [5, 5.41) is 15.8. The van der Waals surface area contributed by atoms with E-state index in [1.54, 1.807) is 11.8 Å². The van der Waals surface area contributed by atoms with E-state index >= 15 is 0 Å². The maximum atomic E-state index is 12.5. The van der Waals surface area contributed by atoms with Gasteiger partial charge in [0, 0.05) is 29.6 Å². The normalized spacial score (nSPS) is 10.7. The Balaban J connectivity index is 1.81. The number of methoxy groups -OCH3 is 1. The van der Waals surface area contributed by atoms with Crippen molar-refractivity contribution in [2.75, 3.05) is 7.11 Å². The quantitative estimate of drug-likeness (QED) is 0.362. The molecule has 0 atom stereocenters. The van der Waals surface area contributed by atoms with E-state index in [-0.39, 0.29) is 6.54 Å². The molecule has 0 bridgehead atoms. The molecule has 30 heavy (non-hydrogen) atoms. The topological polar surface area (TPSA) is 92.2 Å². The van der Waals surface area contributed by atoms with Gasteiger partial charge in [0.1, 0.15) is 5.75 Å². The van der Waals surface area contributed by atoms with E-state index in [0.717, 1.165) is 22.6 Å². The molecule has 0 aliphatic heterocycles. The van der Waals surface area contributed by atoms with Gasteiger partial charge in [0.25, 0.3) is 0 Å². The molecule has 0 N–H and O–H groups in total. The van der Waals surface area contributed by atoms with Gasteiger partial charge in [0.2, 0.25) is 0 Å². The van der Waals surface area contributed by atoms with Gasteiger partial charge in [0.05, 0.1) is 30.0 Å². The number of nitrogens with zero attached hydrogens (tertiary/aromatic N) is 4. The van der Waals surface area contributed by atoms with Crippen LogP contribution in [0, 0.1) is 10.1 Å². The monoisotopic (exact) mass is 402 g/mol. The Labute approximate surface area is 171 Å². The van der Waals surface area contributed by atoms with Crippen LogP contribution in [0.4, 0.5) is 5.69 Å². The summed E-state index contributed by atoms with van der Waals surface area (Å²) in [7, 11) is 1.60. The summed E-state index contributed by atoms with van der Waals surface area (Å²) in [6.45, 7) is 0.148. The molecular formula is C22H18N4O4. The molecule has 0 aliphatic carbocycles. The highest BCUT2D eigenvalue weighted by Crippen LogP contribution is 2.26. The number of pyridine rings is 1. The summed E-state index contributed by atoms with van der Waals surface area (Å²) in [4.78, 5) is 23.0. The molecule has 0 amide bonds. The van der Waals surface area contributed by atoms with Crippen molar-refractivity contribution in [1.82, 2.24) is 14.3 Å². The van der Waals surface area contributed by atoms with Crippen molar-refractivity contribution in [1.29, 1.82) is 0 Å². The van der Waals surface area contributed by atoms with Crippen LogP contribution in [0.1, 0.15) is 5.56 Å². The molecule has 4 aromatic rings. The molecule has 0 saturated carbocycles. The fourth-order valence-corrected chi connectivity index (χ4v) is 3.20. The van der Waals surface area contributed by atoms with Crippen molar-refractivity contribution < 1.29 is 9.66 Å². The maximum absolute atomic E-state index is 12.5. The lowest BCUT2D eigenvalue weighted by Gasteiger charge is -2.06. The van der Waals surface area contributed by atoms with Crippen molar-refractivity contribution in [3.63, 3.8) is 0 Å². The van der Waals surface area contributed by atoms with Crippen molar-refractivity contribution in [3.8, 4) is 22.7 Å². The molecule has 0 radical (unpaired) electrons. The van der Waals surface area contributed by atoms with Gasteiger partial charge in [-0.1, -0.05) is 18.2 Å². The minimum Gasteiger partial charge on any atom is -0.497 e. The number of para-hydroxylation sites is 1. The Morgan fingerprint density at radius 3 is 2.43 bits per heavy atom. The Hall–Kier alpha value is -4.20. The summed E-state index contributed by atoms with van der Waals surface area (Å²) in [6, 6.07) is 19.7. The summed E-state index contributed by atoms with van der Waals surface area (Å²) in [6.07, 6.45) is 3.37. The molecule has 0 spiro atoms. The number of benzene rings is 2. The van der Waals surface area contributed by atoms with E-state index in [2.05, 4.69) is 0 Å². The van der Waals surface area contributed by atoms with E-state index in [1.807, 2.05) is 60.8 Å². The van der Waals surface area contributed by atoms with Gasteiger partial charge in [-0.2, -0.15) is 5.10 Å². The number of rotatable bonds is 6. The predicted octanol–water partition coefficient (Wildman–Crippen LogP) is 3.67. The van der Waals surface area contributed by atoms with Gasteiger partial charge in [-0.3, -0.25) is 14.9 Å². The van der Waals surface area contributed by atoms with Crippen molar-refractivity contribution >= 4 is 5.69 Å². The maximum Gasteiger partial charge on any atom is 0.334 e. The average molecular weight is 402 g/mol. The second-order valence-corrected chi connectivity index (χ2v) is 6.60. The Kier molecular flexibility index (Phi) is 5.13. The zero-order valence-electron chi connectivity index (χ0n) is 16.1. The van der Waals surface area contributed by atoms with Gasteiger partial charge >= 0.3 is 11.2 Å². The highest BCUT2D eigenvalue weighted by Gasteiger charge is 2.17. The van der Waals surface area contributed by atoms with Crippen LogP contribution < -0.4 is 10.3 Å². The first-order valence-corrected chi connectivity index (χ1v) is 9.19. The first-order chi connectivity index (χ1) is 14.6. The lowest BCUT2D eigenvalue weighted by Crippen LogP contribution is -2.22.